The number of ether oxygens (including phenoxy) is 1. The van der Waals surface area contributed by atoms with E-state index in [0.29, 0.717) is 24.6 Å². The molecule has 5 heteroatoms. The van der Waals surface area contributed by atoms with Gasteiger partial charge in [-0.05, 0) is 25.8 Å². The van der Waals surface area contributed by atoms with E-state index in [1.807, 2.05) is 31.2 Å². The Balaban J connectivity index is 1.84. The van der Waals surface area contributed by atoms with Crippen molar-refractivity contribution in [3.63, 3.8) is 0 Å². The summed E-state index contributed by atoms with van der Waals surface area (Å²) in [7, 11) is 0. The lowest BCUT2D eigenvalue weighted by Crippen LogP contribution is -2.25. The number of aromatic nitrogens is 1. The lowest BCUT2D eigenvalue weighted by atomic mass is 10.1. The monoisotopic (exact) mass is 302 g/mol. The van der Waals surface area contributed by atoms with Gasteiger partial charge in [-0.15, -0.1) is 0 Å². The van der Waals surface area contributed by atoms with Crippen molar-refractivity contribution < 1.29 is 14.1 Å². The van der Waals surface area contributed by atoms with Crippen LogP contribution in [0.2, 0.25) is 0 Å². The zero-order chi connectivity index (χ0) is 15.8. The fourth-order valence-corrected chi connectivity index (χ4v) is 2.03. The zero-order valence-electron chi connectivity index (χ0n) is 13.1. The summed E-state index contributed by atoms with van der Waals surface area (Å²) in [5.74, 6) is 0.373. The van der Waals surface area contributed by atoms with Gasteiger partial charge >= 0.3 is 0 Å². The SMILES string of the molecule is CCCOCCCNC(=O)c1cc(-c2cccc(C)c2)on1. The molecule has 118 valence electrons. The lowest BCUT2D eigenvalue weighted by molar-refractivity contribution is 0.0932. The predicted molar refractivity (Wildman–Crippen MR) is 84.7 cm³/mol. The normalized spacial score (nSPS) is 10.6. The van der Waals surface area contributed by atoms with E-state index in [4.69, 9.17) is 9.26 Å². The molecule has 0 bridgehead atoms. The second kappa shape index (κ2) is 8.34. The molecule has 2 rings (SSSR count). The Labute approximate surface area is 130 Å². The van der Waals surface area contributed by atoms with E-state index in [2.05, 4.69) is 17.4 Å². The number of hydrogen-bond acceptors (Lipinski definition) is 4. The van der Waals surface area contributed by atoms with Crippen LogP contribution < -0.4 is 5.32 Å². The largest absolute Gasteiger partial charge is 0.381 e. The maximum absolute atomic E-state index is 12.0. The topological polar surface area (TPSA) is 64.4 Å². The smallest absolute Gasteiger partial charge is 0.273 e. The molecule has 0 aliphatic rings. The number of rotatable bonds is 8. The highest BCUT2D eigenvalue weighted by Crippen LogP contribution is 2.21. The number of nitrogens with one attached hydrogen (secondary N) is 1. The fraction of sp³-hybridized carbons (Fsp3) is 0.412. The van der Waals surface area contributed by atoms with Gasteiger partial charge in [-0.25, -0.2) is 0 Å². The molecule has 0 saturated heterocycles. The molecule has 22 heavy (non-hydrogen) atoms. The molecule has 5 nitrogen and oxygen atoms in total. The number of carbonyl (C=O) groups is 1. The van der Waals surface area contributed by atoms with Gasteiger partial charge in [0.2, 0.25) is 0 Å². The molecule has 2 aromatic rings. The van der Waals surface area contributed by atoms with Crippen LogP contribution in [0, 0.1) is 6.92 Å². The minimum absolute atomic E-state index is 0.224. The van der Waals surface area contributed by atoms with Gasteiger partial charge in [0, 0.05) is 31.4 Å². The molecule has 0 spiro atoms. The number of aryl methyl sites for hydroxylation is 1. The van der Waals surface area contributed by atoms with E-state index in [1.165, 1.54) is 0 Å². The summed E-state index contributed by atoms with van der Waals surface area (Å²) in [5, 5.41) is 6.64. The van der Waals surface area contributed by atoms with Gasteiger partial charge in [0.1, 0.15) is 0 Å². The summed E-state index contributed by atoms with van der Waals surface area (Å²) in [4.78, 5) is 12.0. The molecule has 0 atom stereocenters. The van der Waals surface area contributed by atoms with Crippen LogP contribution in [0.15, 0.2) is 34.9 Å². The van der Waals surface area contributed by atoms with Crippen molar-refractivity contribution in [3.05, 3.63) is 41.6 Å². The predicted octanol–water partition coefficient (Wildman–Crippen LogP) is 3.20. The van der Waals surface area contributed by atoms with Crippen LogP contribution in [-0.4, -0.2) is 30.8 Å². The molecule has 0 aliphatic carbocycles. The van der Waals surface area contributed by atoms with Crippen LogP contribution in [0.1, 0.15) is 35.8 Å². The molecule has 0 aliphatic heterocycles. The molecule has 1 aromatic carbocycles. The summed E-state index contributed by atoms with van der Waals surface area (Å²) in [6.45, 7) is 6.06. The van der Waals surface area contributed by atoms with E-state index >= 15 is 0 Å². The van der Waals surface area contributed by atoms with E-state index in [-0.39, 0.29) is 5.91 Å². The average Bonchev–Trinajstić information content (AvgIpc) is 3.00. The molecule has 0 unspecified atom stereocenters. The summed E-state index contributed by atoms with van der Waals surface area (Å²) >= 11 is 0. The third-order valence-electron chi connectivity index (χ3n) is 3.14. The Hall–Kier alpha value is -2.14. The summed E-state index contributed by atoms with van der Waals surface area (Å²) in [6.07, 6.45) is 1.79. The highest BCUT2D eigenvalue weighted by atomic mass is 16.5. The van der Waals surface area contributed by atoms with Gasteiger partial charge in [-0.1, -0.05) is 35.8 Å². The summed E-state index contributed by atoms with van der Waals surface area (Å²) in [5.41, 5.74) is 2.34. The van der Waals surface area contributed by atoms with Crippen LogP contribution in [0.3, 0.4) is 0 Å². The number of amides is 1. The molecule has 0 saturated carbocycles. The molecule has 1 amide bonds. The van der Waals surface area contributed by atoms with Crippen molar-refractivity contribution >= 4 is 5.91 Å². The van der Waals surface area contributed by atoms with Crippen molar-refractivity contribution in [2.45, 2.75) is 26.7 Å². The van der Waals surface area contributed by atoms with Crippen molar-refractivity contribution in [3.8, 4) is 11.3 Å². The molecular weight excluding hydrogens is 280 g/mol. The van der Waals surface area contributed by atoms with E-state index < -0.39 is 0 Å². The molecule has 0 radical (unpaired) electrons. The van der Waals surface area contributed by atoms with E-state index in [9.17, 15) is 4.79 Å². The Morgan fingerprint density at radius 1 is 1.32 bits per heavy atom. The molecule has 1 N–H and O–H groups in total. The second-order valence-electron chi connectivity index (χ2n) is 5.17. The zero-order valence-corrected chi connectivity index (χ0v) is 13.1. The second-order valence-corrected chi connectivity index (χ2v) is 5.17. The Bertz CT molecular complexity index is 607. The van der Waals surface area contributed by atoms with Crippen LogP contribution in [0.4, 0.5) is 0 Å². The van der Waals surface area contributed by atoms with Crippen molar-refractivity contribution in [2.75, 3.05) is 19.8 Å². The number of hydrogen-bond donors (Lipinski definition) is 1. The lowest BCUT2D eigenvalue weighted by Gasteiger charge is -2.03. The van der Waals surface area contributed by atoms with Gasteiger partial charge in [0.25, 0.3) is 5.91 Å². The third-order valence-corrected chi connectivity index (χ3v) is 3.14. The number of carbonyl (C=O) groups excluding carboxylic acids is 1. The Morgan fingerprint density at radius 2 is 2.18 bits per heavy atom. The van der Waals surface area contributed by atoms with E-state index in [1.54, 1.807) is 6.07 Å². The fourth-order valence-electron chi connectivity index (χ4n) is 2.03. The van der Waals surface area contributed by atoms with Gasteiger partial charge < -0.3 is 14.6 Å². The number of benzene rings is 1. The first-order valence-corrected chi connectivity index (χ1v) is 7.60. The standard InChI is InChI=1S/C17H22N2O3/c1-3-9-21-10-5-8-18-17(20)15-12-16(22-19-15)14-7-4-6-13(2)11-14/h4,6-7,11-12H,3,5,8-10H2,1-2H3,(H,18,20). The maximum atomic E-state index is 12.0. The highest BCUT2D eigenvalue weighted by Gasteiger charge is 2.13. The van der Waals surface area contributed by atoms with Gasteiger partial charge in [-0.3, -0.25) is 4.79 Å². The van der Waals surface area contributed by atoms with Gasteiger partial charge in [0.15, 0.2) is 11.5 Å². The average molecular weight is 302 g/mol. The quantitative estimate of drug-likeness (QED) is 0.761. The van der Waals surface area contributed by atoms with Crippen LogP contribution in [-0.2, 0) is 4.74 Å². The molecular formula is C17H22N2O3. The molecule has 0 fully saturated rings. The molecule has 1 aromatic heterocycles. The van der Waals surface area contributed by atoms with Crippen molar-refractivity contribution in [2.24, 2.45) is 0 Å². The minimum atomic E-state index is -0.224. The van der Waals surface area contributed by atoms with Crippen molar-refractivity contribution in [1.29, 1.82) is 0 Å². The third kappa shape index (κ3) is 4.70. The van der Waals surface area contributed by atoms with Crippen molar-refractivity contribution in [1.82, 2.24) is 10.5 Å². The minimum Gasteiger partial charge on any atom is -0.381 e. The first-order valence-electron chi connectivity index (χ1n) is 7.60. The summed E-state index contributed by atoms with van der Waals surface area (Å²) in [6, 6.07) is 9.54. The Morgan fingerprint density at radius 3 is 2.95 bits per heavy atom. The first kappa shape index (κ1) is 16.2. The highest BCUT2D eigenvalue weighted by molar-refractivity contribution is 5.93. The molecule has 1 heterocycles. The van der Waals surface area contributed by atoms with Crippen LogP contribution >= 0.6 is 0 Å². The number of nitrogens with zero attached hydrogens (tertiary/aromatic N) is 1. The summed E-state index contributed by atoms with van der Waals surface area (Å²) < 4.78 is 10.6. The van der Waals surface area contributed by atoms with Gasteiger partial charge in [-0.2, -0.15) is 0 Å². The van der Waals surface area contributed by atoms with E-state index in [0.717, 1.165) is 30.6 Å². The van der Waals surface area contributed by atoms with Crippen LogP contribution in [0.5, 0.6) is 0 Å². The Kier molecular flexibility index (Phi) is 6.15. The van der Waals surface area contributed by atoms with Gasteiger partial charge in [0.05, 0.1) is 0 Å². The first-order chi connectivity index (χ1) is 10.7. The maximum Gasteiger partial charge on any atom is 0.273 e. The van der Waals surface area contributed by atoms with Crippen LogP contribution in [0.25, 0.3) is 11.3 Å².